The first-order valence-corrected chi connectivity index (χ1v) is 11.2. The van der Waals surface area contributed by atoms with Crippen LogP contribution in [0.3, 0.4) is 0 Å². The molecule has 148 valence electrons. The third-order valence-corrected chi connectivity index (χ3v) is 7.25. The molecule has 2 saturated heterocycles. The van der Waals surface area contributed by atoms with Gasteiger partial charge in [0.2, 0.25) is 6.29 Å². The predicted molar refractivity (Wildman–Crippen MR) is 108 cm³/mol. The number of hydrogen-bond acceptors (Lipinski definition) is 5. The zero-order valence-electron chi connectivity index (χ0n) is 16.0. The summed E-state index contributed by atoms with van der Waals surface area (Å²) in [4.78, 5) is 20.4. The van der Waals surface area contributed by atoms with Gasteiger partial charge in [-0.25, -0.2) is 4.98 Å². The zero-order valence-corrected chi connectivity index (χ0v) is 16.8. The Morgan fingerprint density at radius 3 is 2.93 bits per heavy atom. The summed E-state index contributed by atoms with van der Waals surface area (Å²) in [5, 5.41) is 0.748. The summed E-state index contributed by atoms with van der Waals surface area (Å²) in [6.45, 7) is 2.02. The van der Waals surface area contributed by atoms with Gasteiger partial charge in [-0.2, -0.15) is 0 Å². The van der Waals surface area contributed by atoms with Gasteiger partial charge in [-0.05, 0) is 55.6 Å². The number of aromatic nitrogens is 1. The van der Waals surface area contributed by atoms with Crippen LogP contribution in [0, 0.1) is 0 Å². The Morgan fingerprint density at radius 1 is 1.18 bits per heavy atom. The summed E-state index contributed by atoms with van der Waals surface area (Å²) < 4.78 is 11.0. The number of ether oxygens (including phenoxy) is 2. The van der Waals surface area contributed by atoms with Gasteiger partial charge < -0.3 is 14.4 Å². The Morgan fingerprint density at radius 2 is 2.04 bits per heavy atom. The van der Waals surface area contributed by atoms with E-state index < -0.39 is 6.29 Å². The minimum absolute atomic E-state index is 0.119. The molecule has 2 aromatic rings. The van der Waals surface area contributed by atoms with Crippen LogP contribution in [0.5, 0.6) is 0 Å². The molecule has 6 heteroatoms. The summed E-state index contributed by atoms with van der Waals surface area (Å²) in [5.41, 5.74) is 3.00. The van der Waals surface area contributed by atoms with Crippen molar-refractivity contribution in [2.45, 2.75) is 56.8 Å². The highest BCUT2D eigenvalue weighted by Gasteiger charge is 2.34. The van der Waals surface area contributed by atoms with E-state index in [0.717, 1.165) is 30.8 Å². The Hall–Kier alpha value is -1.76. The van der Waals surface area contributed by atoms with Gasteiger partial charge in [0.25, 0.3) is 5.91 Å². The maximum absolute atomic E-state index is 13.2. The number of rotatable bonds is 4. The van der Waals surface area contributed by atoms with Gasteiger partial charge >= 0.3 is 0 Å². The van der Waals surface area contributed by atoms with Crippen molar-refractivity contribution < 1.29 is 14.3 Å². The molecule has 0 radical (unpaired) electrons. The van der Waals surface area contributed by atoms with E-state index in [-0.39, 0.29) is 5.91 Å². The van der Waals surface area contributed by atoms with Crippen molar-refractivity contribution >= 4 is 17.2 Å². The SMILES string of the molecule is O=C(c1cnc(C2OCCO2)s1)N1CCCC1CC1CCCc2ccccc21. The van der Waals surface area contributed by atoms with Gasteiger partial charge in [0.15, 0.2) is 0 Å². The molecular formula is C22H26N2O3S. The lowest BCUT2D eigenvalue weighted by atomic mass is 9.79. The number of likely N-dealkylation sites (tertiary alicyclic amines) is 1. The Bertz CT molecular complexity index is 846. The van der Waals surface area contributed by atoms with Crippen molar-refractivity contribution in [2.75, 3.05) is 19.8 Å². The van der Waals surface area contributed by atoms with E-state index in [0.29, 0.717) is 30.1 Å². The van der Waals surface area contributed by atoms with Crippen LogP contribution in [0.15, 0.2) is 30.5 Å². The Balaban J connectivity index is 1.30. The van der Waals surface area contributed by atoms with Crippen molar-refractivity contribution in [3.63, 3.8) is 0 Å². The molecule has 0 N–H and O–H groups in total. The van der Waals surface area contributed by atoms with Crippen molar-refractivity contribution in [1.82, 2.24) is 9.88 Å². The summed E-state index contributed by atoms with van der Waals surface area (Å²) in [6.07, 6.45) is 8.23. The topological polar surface area (TPSA) is 51.7 Å². The smallest absolute Gasteiger partial charge is 0.265 e. The molecule has 1 aliphatic carbocycles. The van der Waals surface area contributed by atoms with Gasteiger partial charge in [0.1, 0.15) is 9.88 Å². The van der Waals surface area contributed by atoms with E-state index in [9.17, 15) is 4.79 Å². The first kappa shape index (κ1) is 18.3. The minimum atomic E-state index is -0.403. The Kier molecular flexibility index (Phi) is 5.18. The van der Waals surface area contributed by atoms with Crippen LogP contribution in [0.25, 0.3) is 0 Å². The van der Waals surface area contributed by atoms with E-state index in [1.165, 1.54) is 41.7 Å². The van der Waals surface area contributed by atoms with Gasteiger partial charge in [-0.3, -0.25) is 4.79 Å². The van der Waals surface area contributed by atoms with Crippen LogP contribution in [-0.4, -0.2) is 41.6 Å². The molecule has 0 spiro atoms. The molecule has 2 unspecified atom stereocenters. The molecule has 5 nitrogen and oxygen atoms in total. The molecule has 2 aliphatic heterocycles. The quantitative estimate of drug-likeness (QED) is 0.770. The molecule has 1 aromatic carbocycles. The molecule has 0 saturated carbocycles. The van der Waals surface area contributed by atoms with Gasteiger partial charge in [-0.15, -0.1) is 11.3 Å². The van der Waals surface area contributed by atoms with Crippen LogP contribution >= 0.6 is 11.3 Å². The largest absolute Gasteiger partial charge is 0.344 e. The Labute approximate surface area is 169 Å². The van der Waals surface area contributed by atoms with E-state index >= 15 is 0 Å². The molecule has 1 aromatic heterocycles. The van der Waals surface area contributed by atoms with Gasteiger partial charge in [0, 0.05) is 12.6 Å². The van der Waals surface area contributed by atoms with Gasteiger partial charge in [-0.1, -0.05) is 24.3 Å². The van der Waals surface area contributed by atoms with Crippen molar-refractivity contribution in [1.29, 1.82) is 0 Å². The van der Waals surface area contributed by atoms with Crippen molar-refractivity contribution in [3.05, 3.63) is 51.5 Å². The summed E-state index contributed by atoms with van der Waals surface area (Å²) in [7, 11) is 0. The van der Waals surface area contributed by atoms with Crippen molar-refractivity contribution in [2.24, 2.45) is 0 Å². The van der Waals surface area contributed by atoms with Crippen LogP contribution in [-0.2, 0) is 15.9 Å². The maximum atomic E-state index is 13.2. The van der Waals surface area contributed by atoms with Crippen LogP contribution in [0.1, 0.15) is 70.1 Å². The molecular weight excluding hydrogens is 372 g/mol. The molecule has 3 heterocycles. The summed E-state index contributed by atoms with van der Waals surface area (Å²) >= 11 is 1.41. The number of benzene rings is 1. The number of carbonyl (C=O) groups excluding carboxylic acids is 1. The van der Waals surface area contributed by atoms with E-state index in [1.54, 1.807) is 6.20 Å². The number of hydrogen-bond donors (Lipinski definition) is 0. The van der Waals surface area contributed by atoms with Crippen LogP contribution in [0.4, 0.5) is 0 Å². The summed E-state index contributed by atoms with van der Waals surface area (Å²) in [5.74, 6) is 0.689. The third-order valence-electron chi connectivity index (χ3n) is 6.25. The van der Waals surface area contributed by atoms with Crippen LogP contribution in [0.2, 0.25) is 0 Å². The average Bonchev–Trinajstić information content (AvgIpc) is 3.48. The molecule has 3 aliphatic rings. The lowest BCUT2D eigenvalue weighted by molar-refractivity contribution is -0.0442. The van der Waals surface area contributed by atoms with E-state index in [4.69, 9.17) is 9.47 Å². The lowest BCUT2D eigenvalue weighted by Gasteiger charge is -2.31. The minimum Gasteiger partial charge on any atom is -0.344 e. The number of thiazole rings is 1. The number of nitrogens with zero attached hydrogens (tertiary/aromatic N) is 2. The standard InChI is InChI=1S/C22H26N2O3S/c25-21(19-14-23-20(28-19)22-26-11-12-27-22)24-10-4-8-17(24)13-16-7-3-6-15-5-1-2-9-18(15)16/h1-2,5,9,14,16-17,22H,3-4,6-8,10-13H2. The fraction of sp³-hybridized carbons (Fsp3) is 0.545. The number of amides is 1. The molecule has 28 heavy (non-hydrogen) atoms. The summed E-state index contributed by atoms with van der Waals surface area (Å²) in [6, 6.07) is 9.18. The first-order chi connectivity index (χ1) is 13.8. The van der Waals surface area contributed by atoms with Crippen molar-refractivity contribution in [3.8, 4) is 0 Å². The highest BCUT2D eigenvalue weighted by atomic mass is 32.1. The monoisotopic (exact) mass is 398 g/mol. The number of carbonyl (C=O) groups is 1. The first-order valence-electron chi connectivity index (χ1n) is 10.4. The predicted octanol–water partition coefficient (Wildman–Crippen LogP) is 4.30. The second kappa shape index (κ2) is 7.93. The molecule has 5 rings (SSSR count). The zero-order chi connectivity index (χ0) is 18.9. The van der Waals surface area contributed by atoms with E-state index in [2.05, 4.69) is 34.1 Å². The maximum Gasteiger partial charge on any atom is 0.265 e. The molecule has 0 bridgehead atoms. The van der Waals surface area contributed by atoms with Crippen LogP contribution < -0.4 is 0 Å². The molecule has 2 atom stereocenters. The fourth-order valence-electron chi connectivity index (χ4n) is 4.91. The molecule has 1 amide bonds. The average molecular weight is 399 g/mol. The lowest BCUT2D eigenvalue weighted by Crippen LogP contribution is -2.36. The number of aryl methyl sites for hydroxylation is 1. The molecule has 2 fully saturated rings. The highest BCUT2D eigenvalue weighted by molar-refractivity contribution is 7.13. The second-order valence-corrected chi connectivity index (χ2v) is 9.02. The van der Waals surface area contributed by atoms with Gasteiger partial charge in [0.05, 0.1) is 19.4 Å². The number of fused-ring (bicyclic) bond motifs is 1. The normalized spacial score (nSPS) is 25.2. The highest BCUT2D eigenvalue weighted by Crippen LogP contribution is 2.38. The fourth-order valence-corrected chi connectivity index (χ4v) is 5.79. The second-order valence-electron chi connectivity index (χ2n) is 7.95. The van der Waals surface area contributed by atoms with E-state index in [1.807, 2.05) is 0 Å². The third kappa shape index (κ3) is 3.49.